The fraction of sp³-hybridized carbons (Fsp3) is 0.0909. The summed E-state index contributed by atoms with van der Waals surface area (Å²) in [7, 11) is -2.55. The van der Waals surface area contributed by atoms with Crippen LogP contribution in [0.1, 0.15) is 12.4 Å². The van der Waals surface area contributed by atoms with Crippen LogP contribution in [0.4, 0.5) is 22.0 Å². The second-order valence-corrected chi connectivity index (χ2v) is 6.21. The van der Waals surface area contributed by atoms with Crippen molar-refractivity contribution < 1.29 is 16.4 Å². The first-order chi connectivity index (χ1) is 16.0. The Kier molecular flexibility index (Phi) is 3.62. The van der Waals surface area contributed by atoms with Gasteiger partial charge in [0.25, 0.3) is 0 Å². The molecule has 4 aromatic rings. The van der Waals surface area contributed by atoms with E-state index in [4.69, 9.17) is 17.3 Å². The van der Waals surface area contributed by atoms with Gasteiger partial charge in [0, 0.05) is 30.0 Å². The minimum Gasteiger partial charge on any atom is -0.497 e. The lowest BCUT2D eigenvalue weighted by atomic mass is 10.2. The Bertz CT molecular complexity index is 1340. The summed E-state index contributed by atoms with van der Waals surface area (Å²) < 4.78 is 44.9. The Morgan fingerprint density at radius 2 is 2.07 bits per heavy atom. The molecule has 2 heterocycles. The van der Waals surface area contributed by atoms with Crippen molar-refractivity contribution >= 4 is 34.1 Å². The van der Waals surface area contributed by atoms with Crippen molar-refractivity contribution in [2.24, 2.45) is 0 Å². The average molecular weight is 392 g/mol. The number of aromatic nitrogens is 2. The van der Waals surface area contributed by atoms with Gasteiger partial charge in [-0.25, -0.2) is 9.78 Å². The first kappa shape index (κ1) is 13.2. The highest BCUT2D eigenvalue weighted by atomic mass is 16.5. The molecule has 0 atom stereocenters. The molecule has 29 heavy (non-hydrogen) atoms. The number of nitrogens with one attached hydrogen (secondary N) is 2. The van der Waals surface area contributed by atoms with Crippen LogP contribution >= 0.6 is 0 Å². The van der Waals surface area contributed by atoms with Crippen molar-refractivity contribution in [3.05, 3.63) is 78.6 Å². The maximum atomic E-state index is 12.6. The van der Waals surface area contributed by atoms with Gasteiger partial charge in [-0.15, -0.1) is 0 Å². The Labute approximate surface area is 175 Å². The molecule has 0 saturated heterocycles. The molecule has 2 aromatic carbocycles. The van der Waals surface area contributed by atoms with Crippen molar-refractivity contribution in [2.75, 3.05) is 23.4 Å². The number of ether oxygens (including phenoxy) is 1. The Balaban J connectivity index is 1.53. The van der Waals surface area contributed by atoms with E-state index in [0.717, 1.165) is 0 Å². The van der Waals surface area contributed by atoms with Crippen LogP contribution in [0.3, 0.4) is 0 Å². The summed E-state index contributed by atoms with van der Waals surface area (Å²) in [6, 6.07) is 15.3. The molecule has 146 valence electrons. The van der Waals surface area contributed by atoms with Crippen molar-refractivity contribution in [2.45, 2.75) is 6.50 Å². The molecule has 0 bridgehead atoms. The van der Waals surface area contributed by atoms with Crippen LogP contribution in [0.25, 0.3) is 10.9 Å². The number of methoxy groups -OCH3 is 1. The molecular formula is C22H21N5O2. The number of rotatable bonds is 5. The monoisotopic (exact) mass is 392 g/mol. The van der Waals surface area contributed by atoms with Crippen molar-refractivity contribution in [1.29, 1.82) is 0 Å². The van der Waals surface area contributed by atoms with Crippen LogP contribution in [0.5, 0.6) is 5.75 Å². The van der Waals surface area contributed by atoms with Gasteiger partial charge in [-0.05, 0) is 60.2 Å². The molecule has 2 amide bonds. The van der Waals surface area contributed by atoms with E-state index in [2.05, 4.69) is 15.6 Å². The standard InChI is InChI=1S/C22H21N5O2/c1-29-17-7-5-16(6-8-17)25-22(28)26-19-3-2-4-20-18(19)10-12-27(20)14-15-9-11-24-21(23)13-15/h2-13H,14H2,1H3,(H2,23,24)(H2,25,26,28)/i1D3,14D2. The molecule has 0 aliphatic heterocycles. The molecule has 4 rings (SSSR count). The number of pyridine rings is 1. The van der Waals surface area contributed by atoms with E-state index in [1.54, 1.807) is 36.5 Å². The summed E-state index contributed by atoms with van der Waals surface area (Å²) in [5.74, 6) is 0.372. The maximum absolute atomic E-state index is 12.6. The Morgan fingerprint density at radius 1 is 1.21 bits per heavy atom. The summed E-state index contributed by atoms with van der Waals surface area (Å²) in [5.41, 5.74) is 7.57. The minimum atomic E-state index is -2.55. The van der Waals surface area contributed by atoms with E-state index < -0.39 is 19.6 Å². The molecule has 0 spiro atoms. The molecule has 0 fully saturated rings. The van der Waals surface area contributed by atoms with E-state index in [-0.39, 0.29) is 11.6 Å². The summed E-state index contributed by atoms with van der Waals surface area (Å²) >= 11 is 0. The van der Waals surface area contributed by atoms with Crippen LogP contribution in [0.15, 0.2) is 73.1 Å². The van der Waals surface area contributed by atoms with Gasteiger partial charge in [-0.3, -0.25) is 0 Å². The fourth-order valence-electron chi connectivity index (χ4n) is 2.92. The third-order valence-corrected chi connectivity index (χ3v) is 4.24. The smallest absolute Gasteiger partial charge is 0.323 e. The lowest BCUT2D eigenvalue weighted by Gasteiger charge is -2.10. The summed E-state index contributed by atoms with van der Waals surface area (Å²) in [6.45, 7) is -1.90. The first-order valence-corrected chi connectivity index (χ1v) is 8.73. The normalized spacial score (nSPS) is 14.1. The van der Waals surface area contributed by atoms with Gasteiger partial charge >= 0.3 is 6.03 Å². The summed E-state index contributed by atoms with van der Waals surface area (Å²) in [6.07, 6.45) is 3.06. The second-order valence-electron chi connectivity index (χ2n) is 6.21. The second kappa shape index (κ2) is 7.93. The lowest BCUT2D eigenvalue weighted by Crippen LogP contribution is -2.19. The predicted molar refractivity (Wildman–Crippen MR) is 115 cm³/mol. The number of amides is 2. The van der Waals surface area contributed by atoms with Gasteiger partial charge in [-0.2, -0.15) is 0 Å². The van der Waals surface area contributed by atoms with Crippen LogP contribution in [-0.2, 0) is 6.50 Å². The number of anilines is 3. The van der Waals surface area contributed by atoms with Gasteiger partial charge in [0.2, 0.25) is 0 Å². The van der Waals surface area contributed by atoms with Gasteiger partial charge in [0.1, 0.15) is 11.6 Å². The third kappa shape index (κ3) is 4.14. The SMILES string of the molecule is [2H]C([2H])([2H])Oc1ccc(NC(=O)Nc2cccc3c2ccn3C([2H])([2H])c2ccnc(N)c2)cc1. The third-order valence-electron chi connectivity index (χ3n) is 4.24. The number of benzene rings is 2. The highest BCUT2D eigenvalue weighted by Gasteiger charge is 2.09. The molecule has 7 heteroatoms. The molecular weight excluding hydrogens is 366 g/mol. The molecule has 4 N–H and O–H groups in total. The number of fused-ring (bicyclic) bond motifs is 1. The quantitative estimate of drug-likeness (QED) is 0.471. The van der Waals surface area contributed by atoms with E-state index in [0.29, 0.717) is 27.8 Å². The molecule has 0 saturated carbocycles. The topological polar surface area (TPSA) is 94.2 Å². The highest BCUT2D eigenvalue weighted by Crippen LogP contribution is 2.26. The van der Waals surface area contributed by atoms with E-state index in [1.165, 1.54) is 41.1 Å². The highest BCUT2D eigenvalue weighted by molar-refractivity contribution is 6.05. The fourth-order valence-corrected chi connectivity index (χ4v) is 2.92. The zero-order valence-corrected chi connectivity index (χ0v) is 15.2. The van der Waals surface area contributed by atoms with Crippen LogP contribution < -0.4 is 21.1 Å². The molecule has 0 radical (unpaired) electrons. The molecule has 0 aliphatic rings. The Hall–Kier alpha value is -4.00. The van der Waals surface area contributed by atoms with Crippen LogP contribution in [0.2, 0.25) is 0 Å². The van der Waals surface area contributed by atoms with Gasteiger partial charge < -0.3 is 25.7 Å². The predicted octanol–water partition coefficient (Wildman–Crippen LogP) is 4.32. The van der Waals surface area contributed by atoms with Gasteiger partial charge in [0.05, 0.1) is 25.1 Å². The number of nitrogens with zero attached hydrogens (tertiary/aromatic N) is 2. The lowest BCUT2D eigenvalue weighted by molar-refractivity contribution is 0.262. The maximum Gasteiger partial charge on any atom is 0.323 e. The molecule has 0 aliphatic carbocycles. The van der Waals surface area contributed by atoms with Gasteiger partial charge in [-0.1, -0.05) is 6.07 Å². The number of urea groups is 1. The number of hydrogen-bond acceptors (Lipinski definition) is 4. The number of hydrogen-bond donors (Lipinski definition) is 3. The summed E-state index contributed by atoms with van der Waals surface area (Å²) in [5, 5.41) is 6.07. The van der Waals surface area contributed by atoms with E-state index in [1.807, 2.05) is 0 Å². The van der Waals surface area contributed by atoms with Gasteiger partial charge in [0.15, 0.2) is 0 Å². The number of carbonyl (C=O) groups excluding carboxylic acids is 1. The van der Waals surface area contributed by atoms with E-state index in [9.17, 15) is 4.79 Å². The average Bonchev–Trinajstić information content (AvgIpc) is 3.20. The zero-order valence-electron chi connectivity index (χ0n) is 20.2. The largest absolute Gasteiger partial charge is 0.497 e. The number of carbonyl (C=O) groups is 1. The van der Waals surface area contributed by atoms with Crippen molar-refractivity contribution in [3.63, 3.8) is 0 Å². The first-order valence-electron chi connectivity index (χ1n) is 11.2. The van der Waals surface area contributed by atoms with Crippen molar-refractivity contribution in [3.8, 4) is 5.75 Å². The van der Waals surface area contributed by atoms with Crippen LogP contribution in [0, 0.1) is 0 Å². The van der Waals surface area contributed by atoms with Crippen LogP contribution in [-0.4, -0.2) is 22.6 Å². The molecule has 7 nitrogen and oxygen atoms in total. The minimum absolute atomic E-state index is 0.155. The van der Waals surface area contributed by atoms with E-state index >= 15 is 0 Å². The molecule has 0 unspecified atom stereocenters. The number of nitrogens with two attached hydrogens (primary N) is 1. The summed E-state index contributed by atoms with van der Waals surface area (Å²) in [4.78, 5) is 16.5. The Morgan fingerprint density at radius 3 is 2.86 bits per heavy atom. The van der Waals surface area contributed by atoms with Crippen molar-refractivity contribution in [1.82, 2.24) is 9.55 Å². The zero-order chi connectivity index (χ0) is 24.5. The molecule has 2 aromatic heterocycles. The number of nitrogen functional groups attached to an aromatic ring is 1.